The first-order valence-corrected chi connectivity index (χ1v) is 6.98. The van der Waals surface area contributed by atoms with Crippen LogP contribution in [0.15, 0.2) is 29.2 Å². The normalized spacial score (nSPS) is 24.5. The van der Waals surface area contributed by atoms with Crippen molar-refractivity contribution in [1.29, 1.82) is 0 Å². The van der Waals surface area contributed by atoms with Gasteiger partial charge in [-0.2, -0.15) is 4.31 Å². The minimum Gasteiger partial charge on any atom is -0.379 e. The van der Waals surface area contributed by atoms with E-state index < -0.39 is 38.8 Å². The summed E-state index contributed by atoms with van der Waals surface area (Å²) in [6.45, 7) is -0.547. The lowest BCUT2D eigenvalue weighted by molar-refractivity contribution is -0.134. The van der Waals surface area contributed by atoms with Crippen molar-refractivity contribution in [2.75, 3.05) is 13.1 Å². The number of β-amino-alcohol motifs (C(OH)–C–C–N with tert-alkyl or cyclic N) is 1. The Balaban J connectivity index is 2.34. The lowest BCUT2D eigenvalue weighted by atomic mass is 10.0. The van der Waals surface area contributed by atoms with E-state index in [0.717, 1.165) is 16.4 Å². The summed E-state index contributed by atoms with van der Waals surface area (Å²) < 4.78 is 38.8. The van der Waals surface area contributed by atoms with Gasteiger partial charge in [-0.1, -0.05) is 12.1 Å². The van der Waals surface area contributed by atoms with Crippen molar-refractivity contribution in [1.82, 2.24) is 4.31 Å². The van der Waals surface area contributed by atoms with E-state index in [1.807, 2.05) is 0 Å². The Kier molecular flexibility index (Phi) is 3.33. The monoisotopic (exact) mass is 288 g/mol. The number of nitrogens with two attached hydrogens (primary N) is 1. The number of carbonyl (C=O) groups excluding carboxylic acids is 1. The molecule has 0 aliphatic carbocycles. The number of sulfonamides is 1. The lowest BCUT2D eigenvalue weighted by Crippen LogP contribution is -2.46. The molecule has 1 fully saturated rings. The molecule has 3 N–H and O–H groups in total. The molecule has 0 aromatic heterocycles. The molecule has 1 aliphatic rings. The second kappa shape index (κ2) is 4.55. The molecule has 0 saturated carbocycles. The molecule has 6 nitrogen and oxygen atoms in total. The summed E-state index contributed by atoms with van der Waals surface area (Å²) in [5, 5.41) is 9.84. The fourth-order valence-electron chi connectivity index (χ4n) is 1.96. The number of nitrogens with zero attached hydrogens (tertiary/aromatic N) is 1. The summed E-state index contributed by atoms with van der Waals surface area (Å²) in [6.07, 6.45) is -0.101. The van der Waals surface area contributed by atoms with Gasteiger partial charge < -0.3 is 10.8 Å². The Morgan fingerprint density at radius 1 is 1.42 bits per heavy atom. The number of carbonyl (C=O) groups is 1. The van der Waals surface area contributed by atoms with Gasteiger partial charge >= 0.3 is 0 Å². The fraction of sp³-hybridized carbons (Fsp3) is 0.364. The zero-order chi connectivity index (χ0) is 14.3. The van der Waals surface area contributed by atoms with Gasteiger partial charge in [0.1, 0.15) is 10.7 Å². The van der Waals surface area contributed by atoms with Gasteiger partial charge in [-0.25, -0.2) is 12.8 Å². The van der Waals surface area contributed by atoms with Crippen molar-refractivity contribution >= 4 is 15.9 Å². The molecule has 0 unspecified atom stereocenters. The van der Waals surface area contributed by atoms with Crippen LogP contribution in [0.25, 0.3) is 0 Å². The third kappa shape index (κ3) is 2.34. The van der Waals surface area contributed by atoms with Crippen LogP contribution < -0.4 is 5.73 Å². The van der Waals surface area contributed by atoms with Crippen LogP contribution in [-0.4, -0.2) is 42.4 Å². The Morgan fingerprint density at radius 2 is 2.05 bits per heavy atom. The minimum absolute atomic E-state index is 0.0872. The van der Waals surface area contributed by atoms with E-state index >= 15 is 0 Å². The molecule has 1 heterocycles. The SMILES string of the molecule is NC(=O)[C@]1(O)CCN(S(=O)(=O)c2ccccc2F)C1. The van der Waals surface area contributed by atoms with Gasteiger partial charge in [0.25, 0.3) is 5.91 Å². The summed E-state index contributed by atoms with van der Waals surface area (Å²) in [7, 11) is -4.08. The van der Waals surface area contributed by atoms with Gasteiger partial charge in [-0.3, -0.25) is 4.79 Å². The standard InChI is InChI=1S/C11H13FN2O4S/c12-8-3-1-2-4-9(8)19(17,18)14-6-5-11(16,7-14)10(13)15/h1-4,16H,5-7H2,(H2,13,15)/t11-/m0/s1. The highest BCUT2D eigenvalue weighted by Gasteiger charge is 2.46. The van der Waals surface area contributed by atoms with E-state index in [4.69, 9.17) is 5.73 Å². The number of benzene rings is 1. The second-order valence-electron chi connectivity index (χ2n) is 4.41. The maximum Gasteiger partial charge on any atom is 0.250 e. The highest BCUT2D eigenvalue weighted by atomic mass is 32.2. The van der Waals surface area contributed by atoms with Crippen molar-refractivity contribution in [3.05, 3.63) is 30.1 Å². The summed E-state index contributed by atoms with van der Waals surface area (Å²) in [4.78, 5) is 10.6. The molecule has 0 bridgehead atoms. The number of hydrogen-bond donors (Lipinski definition) is 2. The van der Waals surface area contributed by atoms with Crippen molar-refractivity contribution in [3.63, 3.8) is 0 Å². The molecule has 19 heavy (non-hydrogen) atoms. The van der Waals surface area contributed by atoms with E-state index in [2.05, 4.69) is 0 Å². The van der Waals surface area contributed by atoms with Crippen LogP contribution in [0.3, 0.4) is 0 Å². The van der Waals surface area contributed by atoms with Crippen LogP contribution in [0.1, 0.15) is 6.42 Å². The first-order valence-electron chi connectivity index (χ1n) is 5.54. The van der Waals surface area contributed by atoms with E-state index in [0.29, 0.717) is 0 Å². The summed E-state index contributed by atoms with van der Waals surface area (Å²) >= 11 is 0. The summed E-state index contributed by atoms with van der Waals surface area (Å²) in [6, 6.07) is 4.93. The Labute approximate surface area is 109 Å². The topological polar surface area (TPSA) is 101 Å². The van der Waals surface area contributed by atoms with Crippen molar-refractivity contribution in [3.8, 4) is 0 Å². The van der Waals surface area contributed by atoms with Crippen LogP contribution in [0.2, 0.25) is 0 Å². The van der Waals surface area contributed by atoms with Crippen molar-refractivity contribution in [2.24, 2.45) is 5.73 Å². The van der Waals surface area contributed by atoms with E-state index in [-0.39, 0.29) is 13.0 Å². The van der Waals surface area contributed by atoms with Crippen LogP contribution in [-0.2, 0) is 14.8 Å². The number of primary amides is 1. The van der Waals surface area contributed by atoms with Crippen molar-refractivity contribution < 1.29 is 22.7 Å². The molecule has 1 aliphatic heterocycles. The van der Waals surface area contributed by atoms with Gasteiger partial charge in [0.15, 0.2) is 5.60 Å². The summed E-state index contributed by atoms with van der Waals surface area (Å²) in [5.41, 5.74) is 3.13. The van der Waals surface area contributed by atoms with Crippen LogP contribution in [0.5, 0.6) is 0 Å². The quantitative estimate of drug-likeness (QED) is 0.778. The number of halogens is 1. The molecule has 0 radical (unpaired) electrons. The van der Waals surface area contributed by atoms with Crippen molar-refractivity contribution in [2.45, 2.75) is 16.9 Å². The fourth-order valence-corrected chi connectivity index (χ4v) is 3.52. The van der Waals surface area contributed by atoms with Gasteiger partial charge in [-0.15, -0.1) is 0 Å². The number of hydrogen-bond acceptors (Lipinski definition) is 4. The summed E-state index contributed by atoms with van der Waals surface area (Å²) in [5.74, 6) is -1.87. The highest BCUT2D eigenvalue weighted by Crippen LogP contribution is 2.28. The first-order chi connectivity index (χ1) is 8.77. The molecule has 1 atom stereocenters. The molecule has 8 heteroatoms. The molecule has 0 spiro atoms. The molecule has 1 saturated heterocycles. The van der Waals surface area contributed by atoms with E-state index in [1.54, 1.807) is 0 Å². The average molecular weight is 288 g/mol. The number of aliphatic hydroxyl groups is 1. The van der Waals surface area contributed by atoms with E-state index in [9.17, 15) is 22.7 Å². The molecular weight excluding hydrogens is 275 g/mol. The zero-order valence-corrected chi connectivity index (χ0v) is 10.7. The molecule has 1 aromatic rings. The second-order valence-corrected chi connectivity index (χ2v) is 6.32. The number of rotatable bonds is 3. The molecule has 1 aromatic carbocycles. The van der Waals surface area contributed by atoms with Gasteiger partial charge in [0, 0.05) is 13.0 Å². The Bertz CT molecular complexity index is 619. The van der Waals surface area contributed by atoms with E-state index in [1.165, 1.54) is 12.1 Å². The minimum atomic E-state index is -4.08. The third-order valence-corrected chi connectivity index (χ3v) is 5.00. The predicted molar refractivity (Wildman–Crippen MR) is 63.9 cm³/mol. The highest BCUT2D eigenvalue weighted by molar-refractivity contribution is 7.89. The first kappa shape index (κ1) is 13.9. The molecule has 104 valence electrons. The average Bonchev–Trinajstić information content (AvgIpc) is 2.74. The van der Waals surface area contributed by atoms with Crippen LogP contribution in [0.4, 0.5) is 4.39 Å². The predicted octanol–water partition coefficient (Wildman–Crippen LogP) is -0.563. The number of amides is 1. The van der Waals surface area contributed by atoms with Gasteiger partial charge in [-0.05, 0) is 12.1 Å². The Morgan fingerprint density at radius 3 is 2.58 bits per heavy atom. The maximum atomic E-state index is 13.5. The van der Waals surface area contributed by atoms with Crippen LogP contribution in [0, 0.1) is 5.82 Å². The molecule has 2 rings (SSSR count). The van der Waals surface area contributed by atoms with Gasteiger partial charge in [0.05, 0.1) is 6.54 Å². The van der Waals surface area contributed by atoms with Crippen LogP contribution >= 0.6 is 0 Å². The Hall–Kier alpha value is -1.51. The molecular formula is C11H13FN2O4S. The molecule has 1 amide bonds. The smallest absolute Gasteiger partial charge is 0.250 e. The maximum absolute atomic E-state index is 13.5. The third-order valence-electron chi connectivity index (χ3n) is 3.13. The largest absolute Gasteiger partial charge is 0.379 e. The van der Waals surface area contributed by atoms with Gasteiger partial charge in [0.2, 0.25) is 10.0 Å². The lowest BCUT2D eigenvalue weighted by Gasteiger charge is -2.20. The zero-order valence-electron chi connectivity index (χ0n) is 9.91.